The minimum atomic E-state index is -4.19. The van der Waals surface area contributed by atoms with Crippen LogP contribution in [0, 0.1) is 5.92 Å². The first-order valence-corrected chi connectivity index (χ1v) is 10.6. The largest absolute Gasteiger partial charge is 0.493 e. The van der Waals surface area contributed by atoms with E-state index in [2.05, 4.69) is 15.3 Å². The molecule has 7 nitrogen and oxygen atoms in total. The van der Waals surface area contributed by atoms with Gasteiger partial charge in [0.05, 0.1) is 26.1 Å². The van der Waals surface area contributed by atoms with Crippen molar-refractivity contribution in [1.82, 2.24) is 14.9 Å². The average Bonchev–Trinajstić information content (AvgIpc) is 2.78. The number of rotatable bonds is 7. The van der Waals surface area contributed by atoms with Crippen molar-refractivity contribution in [3.05, 3.63) is 47.8 Å². The third kappa shape index (κ3) is 7.96. The van der Waals surface area contributed by atoms with Crippen LogP contribution in [0.2, 0.25) is 0 Å². The van der Waals surface area contributed by atoms with Gasteiger partial charge in [0.25, 0.3) is 0 Å². The average molecular weight is 464 g/mol. The van der Waals surface area contributed by atoms with Crippen molar-refractivity contribution < 1.29 is 27.4 Å². The lowest BCUT2D eigenvalue weighted by atomic mass is 10.0. The van der Waals surface area contributed by atoms with Crippen molar-refractivity contribution in [3.8, 4) is 11.6 Å². The highest BCUT2D eigenvalue weighted by Gasteiger charge is 2.30. The number of aromatic nitrogens is 2. The summed E-state index contributed by atoms with van der Waals surface area (Å²) in [6.45, 7) is 2.64. The predicted octanol–water partition coefficient (Wildman–Crippen LogP) is 5.16. The van der Waals surface area contributed by atoms with Crippen molar-refractivity contribution in [2.75, 3.05) is 32.1 Å². The van der Waals surface area contributed by atoms with Crippen molar-refractivity contribution >= 4 is 17.9 Å². The molecule has 1 atom stereocenters. The van der Waals surface area contributed by atoms with Crippen molar-refractivity contribution in [1.29, 1.82) is 0 Å². The van der Waals surface area contributed by atoms with Crippen LogP contribution in [-0.2, 0) is 0 Å². The van der Waals surface area contributed by atoms with Crippen LogP contribution in [0.15, 0.2) is 42.2 Å². The van der Waals surface area contributed by atoms with Gasteiger partial charge in [-0.05, 0) is 36.5 Å². The van der Waals surface area contributed by atoms with Gasteiger partial charge in [0.1, 0.15) is 5.75 Å². The first kappa shape index (κ1) is 24.3. The molecule has 0 radical (unpaired) electrons. The lowest BCUT2D eigenvalue weighted by Gasteiger charge is -2.28. The van der Waals surface area contributed by atoms with Crippen LogP contribution < -0.4 is 14.8 Å². The van der Waals surface area contributed by atoms with Crippen LogP contribution in [-0.4, -0.2) is 53.9 Å². The highest BCUT2D eigenvalue weighted by Crippen LogP contribution is 2.26. The summed E-state index contributed by atoms with van der Waals surface area (Å²) in [6, 6.07) is 7.04. The quantitative estimate of drug-likeness (QED) is 0.612. The molecule has 0 aliphatic carbocycles. The van der Waals surface area contributed by atoms with Crippen LogP contribution in [0.25, 0.3) is 6.08 Å². The Morgan fingerprint density at radius 3 is 2.64 bits per heavy atom. The van der Waals surface area contributed by atoms with Gasteiger partial charge in [-0.3, -0.25) is 5.32 Å². The second-order valence-electron chi connectivity index (χ2n) is 7.97. The lowest BCUT2D eigenvalue weighted by Crippen LogP contribution is -2.39. The molecule has 1 aromatic carbocycles. The number of alkyl halides is 3. The summed E-state index contributed by atoms with van der Waals surface area (Å²) >= 11 is 0. The third-order valence-electron chi connectivity index (χ3n) is 5.11. The maximum absolute atomic E-state index is 12.5. The molecule has 1 N–H and O–H groups in total. The number of urea groups is 1. The number of piperidine rings is 1. The number of amides is 2. The Labute approximate surface area is 190 Å². The minimum Gasteiger partial charge on any atom is -0.493 e. The van der Waals surface area contributed by atoms with Crippen LogP contribution in [0.3, 0.4) is 0 Å². The second-order valence-corrected chi connectivity index (χ2v) is 7.97. The Hall–Kier alpha value is -3.30. The fourth-order valence-electron chi connectivity index (χ4n) is 3.44. The van der Waals surface area contributed by atoms with E-state index in [4.69, 9.17) is 9.47 Å². The number of halogens is 3. The van der Waals surface area contributed by atoms with Crippen LogP contribution in [0.4, 0.5) is 23.8 Å². The number of hydrogen-bond donors (Lipinski definition) is 1. The number of likely N-dealkylation sites (tertiary alicyclic amines) is 1. The summed E-state index contributed by atoms with van der Waals surface area (Å²) in [6.07, 6.45) is 1.28. The van der Waals surface area contributed by atoms with Crippen LogP contribution in [0.1, 0.15) is 31.7 Å². The van der Waals surface area contributed by atoms with Gasteiger partial charge in [-0.15, -0.1) is 0 Å². The Balaban J connectivity index is 1.49. The molecule has 1 aliphatic rings. The van der Waals surface area contributed by atoms with Gasteiger partial charge in [0.15, 0.2) is 5.82 Å². The van der Waals surface area contributed by atoms with Gasteiger partial charge in [-0.1, -0.05) is 30.7 Å². The molecule has 0 spiro atoms. The Morgan fingerprint density at radius 2 is 2.00 bits per heavy atom. The fourth-order valence-corrected chi connectivity index (χ4v) is 3.44. The highest BCUT2D eigenvalue weighted by atomic mass is 19.4. The number of nitrogens with zero attached hydrogens (tertiary/aromatic N) is 3. The number of nitrogens with one attached hydrogen (secondary N) is 1. The lowest BCUT2D eigenvalue weighted by molar-refractivity contribution is -0.145. The topological polar surface area (TPSA) is 76.6 Å². The number of hydrogen-bond acceptors (Lipinski definition) is 5. The molecular formula is C23H27F3N4O3. The van der Waals surface area contributed by atoms with E-state index >= 15 is 0 Å². The van der Waals surface area contributed by atoms with E-state index in [1.807, 2.05) is 24.3 Å². The van der Waals surface area contributed by atoms with E-state index in [1.165, 1.54) is 32.0 Å². The molecule has 1 aromatic heterocycles. The second kappa shape index (κ2) is 11.0. The van der Waals surface area contributed by atoms with Crippen molar-refractivity contribution in [2.24, 2.45) is 5.92 Å². The summed E-state index contributed by atoms with van der Waals surface area (Å²) in [5.74, 6) is 0.636. The van der Waals surface area contributed by atoms with E-state index in [9.17, 15) is 18.0 Å². The molecule has 1 fully saturated rings. The van der Waals surface area contributed by atoms with E-state index in [0.29, 0.717) is 30.5 Å². The normalized spacial score (nSPS) is 15.1. The number of carbonyl (C=O) groups excluding carboxylic acids is 1. The molecule has 178 valence electrons. The zero-order valence-corrected chi connectivity index (χ0v) is 18.6. The zero-order valence-electron chi connectivity index (χ0n) is 18.6. The summed E-state index contributed by atoms with van der Waals surface area (Å²) in [4.78, 5) is 22.3. The Morgan fingerprint density at radius 1 is 1.24 bits per heavy atom. The van der Waals surface area contributed by atoms with E-state index in [-0.39, 0.29) is 12.6 Å². The van der Waals surface area contributed by atoms with Gasteiger partial charge in [-0.25, -0.2) is 14.8 Å². The zero-order chi connectivity index (χ0) is 23.8. The molecule has 2 heterocycles. The molecular weight excluding hydrogens is 437 g/mol. The van der Waals surface area contributed by atoms with Gasteiger partial charge in [-0.2, -0.15) is 13.2 Å². The summed E-state index contributed by atoms with van der Waals surface area (Å²) in [5.41, 5.74) is 2.10. The third-order valence-corrected chi connectivity index (χ3v) is 5.11. The molecule has 1 unspecified atom stereocenters. The standard InChI is InChI=1S/C23H27F3N4O3/c1-16(12-23(24,25)26)15-33-19-5-3-4-18(11-19)10-17-6-8-30(9-7-17)22(31)29-20-13-28-21(32-2)14-27-20/h3-5,10-11,13-14,16H,6-9,12,15H2,1-2H3,(H,27,29,31). The van der Waals surface area contributed by atoms with Gasteiger partial charge in [0, 0.05) is 19.5 Å². The molecule has 3 rings (SSSR count). The Bertz CT molecular complexity index is 954. The van der Waals surface area contributed by atoms with Gasteiger partial charge in [0.2, 0.25) is 5.88 Å². The molecule has 0 bridgehead atoms. The minimum absolute atomic E-state index is 0.00216. The molecule has 2 aromatic rings. The summed E-state index contributed by atoms with van der Waals surface area (Å²) < 4.78 is 47.9. The Kier molecular flexibility index (Phi) is 8.13. The van der Waals surface area contributed by atoms with E-state index in [1.54, 1.807) is 11.0 Å². The van der Waals surface area contributed by atoms with Gasteiger partial charge < -0.3 is 14.4 Å². The SMILES string of the molecule is COc1cnc(NC(=O)N2CCC(=Cc3cccc(OCC(C)CC(F)(F)F)c3)CC2)cn1. The number of ether oxygens (including phenoxy) is 2. The number of carbonyl (C=O) groups is 1. The van der Waals surface area contributed by atoms with Gasteiger partial charge >= 0.3 is 12.2 Å². The summed E-state index contributed by atoms with van der Waals surface area (Å²) in [7, 11) is 1.49. The maximum atomic E-state index is 12.5. The predicted molar refractivity (Wildman–Crippen MR) is 118 cm³/mol. The molecule has 33 heavy (non-hydrogen) atoms. The molecule has 0 saturated carbocycles. The number of methoxy groups -OCH3 is 1. The molecule has 2 amide bonds. The van der Waals surface area contributed by atoms with Crippen LogP contribution >= 0.6 is 0 Å². The van der Waals surface area contributed by atoms with E-state index < -0.39 is 18.5 Å². The summed E-state index contributed by atoms with van der Waals surface area (Å²) in [5, 5.41) is 2.72. The first-order chi connectivity index (χ1) is 15.7. The monoisotopic (exact) mass is 464 g/mol. The van der Waals surface area contributed by atoms with E-state index in [0.717, 1.165) is 18.4 Å². The molecule has 10 heteroatoms. The van der Waals surface area contributed by atoms with Crippen molar-refractivity contribution in [3.63, 3.8) is 0 Å². The fraction of sp³-hybridized carbons (Fsp3) is 0.435. The maximum Gasteiger partial charge on any atom is 0.389 e. The molecule has 1 saturated heterocycles. The smallest absolute Gasteiger partial charge is 0.389 e. The number of anilines is 1. The first-order valence-electron chi connectivity index (χ1n) is 10.6. The van der Waals surface area contributed by atoms with Crippen LogP contribution in [0.5, 0.6) is 11.6 Å². The number of benzene rings is 1. The van der Waals surface area contributed by atoms with Crippen molar-refractivity contribution in [2.45, 2.75) is 32.4 Å². The highest BCUT2D eigenvalue weighted by molar-refractivity contribution is 5.88. The molecule has 1 aliphatic heterocycles.